The van der Waals surface area contributed by atoms with E-state index in [4.69, 9.17) is 4.74 Å². The molecule has 2 aliphatic heterocycles. The zero-order valence-corrected chi connectivity index (χ0v) is 11.0. The van der Waals surface area contributed by atoms with Crippen LogP contribution in [-0.2, 0) is 4.74 Å². The van der Waals surface area contributed by atoms with E-state index in [9.17, 15) is 13.6 Å². The molecule has 104 valence electrons. The van der Waals surface area contributed by atoms with Crippen LogP contribution < -0.4 is 5.32 Å². The second-order valence-electron chi connectivity index (χ2n) is 6.07. The Morgan fingerprint density at radius 2 is 2.11 bits per heavy atom. The minimum absolute atomic E-state index is 0.287. The topological polar surface area (TPSA) is 41.6 Å². The fraction of sp³-hybridized carbons (Fsp3) is 0.917. The van der Waals surface area contributed by atoms with Gasteiger partial charge in [-0.25, -0.2) is 13.6 Å². The molecule has 2 atom stereocenters. The average molecular weight is 262 g/mol. The fourth-order valence-electron chi connectivity index (χ4n) is 2.55. The molecule has 0 aromatic heterocycles. The number of hydrogen-bond acceptors (Lipinski definition) is 3. The van der Waals surface area contributed by atoms with Crippen molar-refractivity contribution in [2.45, 2.75) is 44.8 Å². The van der Waals surface area contributed by atoms with E-state index in [0.29, 0.717) is 19.5 Å². The van der Waals surface area contributed by atoms with Gasteiger partial charge in [0.1, 0.15) is 5.60 Å². The van der Waals surface area contributed by atoms with Crippen LogP contribution in [0.2, 0.25) is 0 Å². The molecule has 2 aliphatic rings. The van der Waals surface area contributed by atoms with E-state index in [1.165, 1.54) is 4.90 Å². The van der Waals surface area contributed by atoms with Crippen molar-refractivity contribution in [2.24, 2.45) is 5.92 Å². The van der Waals surface area contributed by atoms with Crippen LogP contribution in [0.3, 0.4) is 0 Å². The maximum Gasteiger partial charge on any atom is 0.410 e. The number of amides is 1. The quantitative estimate of drug-likeness (QED) is 0.724. The van der Waals surface area contributed by atoms with Gasteiger partial charge < -0.3 is 15.0 Å². The predicted molar refractivity (Wildman–Crippen MR) is 62.7 cm³/mol. The third-order valence-corrected chi connectivity index (χ3v) is 3.41. The molecular weight excluding hydrogens is 242 g/mol. The van der Waals surface area contributed by atoms with E-state index >= 15 is 0 Å². The Morgan fingerprint density at radius 1 is 1.44 bits per heavy atom. The molecule has 2 heterocycles. The van der Waals surface area contributed by atoms with E-state index in [0.717, 1.165) is 0 Å². The van der Waals surface area contributed by atoms with Gasteiger partial charge in [-0.2, -0.15) is 0 Å². The Hall–Kier alpha value is -0.910. The smallest absolute Gasteiger partial charge is 0.410 e. The standard InChI is InChI=1S/C12H20F2N2O2/c1-11(2,3)18-10(17)16-5-4-8-9(6-16)15-7-12(8,13)14/h8-9,15H,4-7H2,1-3H3. The van der Waals surface area contributed by atoms with Gasteiger partial charge in [-0.1, -0.05) is 0 Å². The van der Waals surface area contributed by atoms with Crippen LogP contribution >= 0.6 is 0 Å². The van der Waals surface area contributed by atoms with E-state index < -0.39 is 23.5 Å². The number of hydrogen-bond donors (Lipinski definition) is 1. The number of nitrogens with zero attached hydrogens (tertiary/aromatic N) is 1. The number of alkyl halides is 2. The first-order valence-corrected chi connectivity index (χ1v) is 6.28. The molecule has 0 saturated carbocycles. The summed E-state index contributed by atoms with van der Waals surface area (Å²) in [6.07, 6.45) is -0.0952. The number of carbonyl (C=O) groups excluding carboxylic acids is 1. The van der Waals surface area contributed by atoms with E-state index in [2.05, 4.69) is 5.32 Å². The van der Waals surface area contributed by atoms with Gasteiger partial charge in [0.15, 0.2) is 0 Å². The molecule has 4 nitrogen and oxygen atoms in total. The predicted octanol–water partition coefficient (Wildman–Crippen LogP) is 1.85. The highest BCUT2D eigenvalue weighted by Gasteiger charge is 2.52. The monoisotopic (exact) mass is 262 g/mol. The van der Waals surface area contributed by atoms with Crippen molar-refractivity contribution < 1.29 is 18.3 Å². The van der Waals surface area contributed by atoms with Gasteiger partial charge in [0, 0.05) is 25.0 Å². The first kappa shape index (κ1) is 13.5. The van der Waals surface area contributed by atoms with Gasteiger partial charge in [-0.3, -0.25) is 0 Å². The lowest BCUT2D eigenvalue weighted by molar-refractivity contribution is -0.0479. The molecule has 0 radical (unpaired) electrons. The van der Waals surface area contributed by atoms with Crippen LogP contribution in [-0.4, -0.2) is 48.2 Å². The van der Waals surface area contributed by atoms with Crippen molar-refractivity contribution in [3.05, 3.63) is 0 Å². The first-order valence-electron chi connectivity index (χ1n) is 6.28. The molecule has 18 heavy (non-hydrogen) atoms. The Bertz CT molecular complexity index is 341. The summed E-state index contributed by atoms with van der Waals surface area (Å²) in [6, 6.07) is -0.318. The van der Waals surface area contributed by atoms with Gasteiger partial charge in [0.2, 0.25) is 0 Å². The maximum absolute atomic E-state index is 13.5. The SMILES string of the molecule is CC(C)(C)OC(=O)N1CCC2C(C1)NCC2(F)F. The minimum Gasteiger partial charge on any atom is -0.444 e. The van der Waals surface area contributed by atoms with Gasteiger partial charge in [0.25, 0.3) is 5.92 Å². The van der Waals surface area contributed by atoms with E-state index in [-0.39, 0.29) is 12.6 Å². The second kappa shape index (κ2) is 4.33. The zero-order chi connectivity index (χ0) is 13.6. The van der Waals surface area contributed by atoms with Gasteiger partial charge in [0.05, 0.1) is 6.54 Å². The maximum atomic E-state index is 13.5. The minimum atomic E-state index is -2.65. The van der Waals surface area contributed by atoms with Crippen LogP contribution in [0.25, 0.3) is 0 Å². The number of halogens is 2. The summed E-state index contributed by atoms with van der Waals surface area (Å²) in [5.41, 5.74) is -0.555. The summed E-state index contributed by atoms with van der Waals surface area (Å²) in [4.78, 5) is 13.4. The Balaban J connectivity index is 1.95. The van der Waals surface area contributed by atoms with Crippen molar-refractivity contribution in [1.29, 1.82) is 0 Å². The number of fused-ring (bicyclic) bond motifs is 1. The summed E-state index contributed by atoms with van der Waals surface area (Å²) in [7, 11) is 0. The van der Waals surface area contributed by atoms with Crippen LogP contribution in [0, 0.1) is 5.92 Å². The molecule has 6 heteroatoms. The molecule has 0 aromatic rings. The van der Waals surface area contributed by atoms with Crippen LogP contribution in [0.4, 0.5) is 13.6 Å². The van der Waals surface area contributed by atoms with Gasteiger partial charge in [-0.05, 0) is 27.2 Å². The van der Waals surface area contributed by atoms with E-state index in [1.807, 2.05) is 0 Å². The van der Waals surface area contributed by atoms with Crippen molar-refractivity contribution in [3.63, 3.8) is 0 Å². The third-order valence-electron chi connectivity index (χ3n) is 3.41. The lowest BCUT2D eigenvalue weighted by Crippen LogP contribution is -2.51. The molecule has 0 aromatic carbocycles. The fourth-order valence-corrected chi connectivity index (χ4v) is 2.55. The molecule has 0 bridgehead atoms. The molecule has 0 aliphatic carbocycles. The molecule has 0 spiro atoms. The van der Waals surface area contributed by atoms with Crippen molar-refractivity contribution in [2.75, 3.05) is 19.6 Å². The zero-order valence-electron chi connectivity index (χ0n) is 11.0. The van der Waals surface area contributed by atoms with Gasteiger partial charge in [-0.15, -0.1) is 0 Å². The largest absolute Gasteiger partial charge is 0.444 e. The number of rotatable bonds is 0. The van der Waals surface area contributed by atoms with E-state index in [1.54, 1.807) is 20.8 Å². The molecule has 1 amide bonds. The lowest BCUT2D eigenvalue weighted by atomic mass is 9.90. The number of nitrogens with one attached hydrogen (secondary N) is 1. The lowest BCUT2D eigenvalue weighted by Gasteiger charge is -2.36. The van der Waals surface area contributed by atoms with Crippen molar-refractivity contribution >= 4 is 6.09 Å². The molecule has 2 saturated heterocycles. The normalized spacial score (nSPS) is 31.1. The van der Waals surface area contributed by atoms with Crippen LogP contribution in [0.15, 0.2) is 0 Å². The molecule has 1 N–H and O–H groups in total. The Morgan fingerprint density at radius 3 is 2.72 bits per heavy atom. The molecular formula is C12H20F2N2O2. The summed E-state index contributed by atoms with van der Waals surface area (Å²) >= 11 is 0. The highest BCUT2D eigenvalue weighted by Crippen LogP contribution is 2.37. The molecule has 2 fully saturated rings. The molecule has 2 rings (SSSR count). The molecule has 2 unspecified atom stereocenters. The van der Waals surface area contributed by atoms with Crippen molar-refractivity contribution in [3.8, 4) is 0 Å². The summed E-state index contributed by atoms with van der Waals surface area (Å²) in [5, 5.41) is 2.80. The summed E-state index contributed by atoms with van der Waals surface area (Å²) in [5.74, 6) is -3.30. The van der Waals surface area contributed by atoms with Crippen molar-refractivity contribution in [1.82, 2.24) is 10.2 Å². The van der Waals surface area contributed by atoms with Gasteiger partial charge >= 0.3 is 6.09 Å². The highest BCUT2D eigenvalue weighted by atomic mass is 19.3. The Kier molecular flexibility index (Phi) is 3.25. The number of carbonyl (C=O) groups is 1. The highest BCUT2D eigenvalue weighted by molar-refractivity contribution is 5.68. The summed E-state index contributed by atoms with van der Waals surface area (Å²) < 4.78 is 32.2. The van der Waals surface area contributed by atoms with Crippen LogP contribution in [0.1, 0.15) is 27.2 Å². The summed E-state index contributed by atoms with van der Waals surface area (Å²) in [6.45, 7) is 5.73. The number of likely N-dealkylation sites (tertiary alicyclic amines) is 1. The number of piperidine rings is 1. The Labute approximate surface area is 106 Å². The average Bonchev–Trinajstić information content (AvgIpc) is 2.52. The third kappa shape index (κ3) is 2.74. The second-order valence-corrected chi connectivity index (χ2v) is 6.07. The van der Waals surface area contributed by atoms with Crippen LogP contribution in [0.5, 0.6) is 0 Å². The number of ether oxygens (including phenoxy) is 1. The first-order chi connectivity index (χ1) is 8.19.